The van der Waals surface area contributed by atoms with Gasteiger partial charge in [-0.15, -0.1) is 0 Å². The zero-order valence-electron chi connectivity index (χ0n) is 13.0. The van der Waals surface area contributed by atoms with Crippen molar-refractivity contribution >= 4 is 8.32 Å². The zero-order chi connectivity index (χ0) is 14.7. The third-order valence-corrected chi connectivity index (χ3v) is 8.06. The van der Waals surface area contributed by atoms with Gasteiger partial charge in [-0.3, -0.25) is 0 Å². The summed E-state index contributed by atoms with van der Waals surface area (Å²) >= 11 is 0. The molecule has 0 heterocycles. The van der Waals surface area contributed by atoms with Crippen LogP contribution in [0.1, 0.15) is 33.3 Å². The van der Waals surface area contributed by atoms with Crippen LogP contribution in [0.25, 0.3) is 0 Å². The quantitative estimate of drug-likeness (QED) is 0.832. The topological polar surface area (TPSA) is 44.5 Å². The maximum atomic E-state index is 6.32. The average molecular weight is 281 g/mol. The summed E-state index contributed by atoms with van der Waals surface area (Å²) in [5.74, 6) is 1.64. The lowest BCUT2D eigenvalue weighted by atomic mass is 10.2. The Hall–Kier alpha value is -1.00. The van der Waals surface area contributed by atoms with Crippen LogP contribution in [0.2, 0.25) is 18.1 Å². The minimum absolute atomic E-state index is 0.170. The summed E-state index contributed by atoms with van der Waals surface area (Å²) in [6.07, 6.45) is 0. The summed E-state index contributed by atoms with van der Waals surface area (Å²) in [7, 11) is -1.84. The van der Waals surface area contributed by atoms with E-state index in [1.54, 1.807) is 0 Å². The van der Waals surface area contributed by atoms with Gasteiger partial charge in [0.2, 0.25) is 0 Å². The molecule has 1 rings (SSSR count). The predicted molar refractivity (Wildman–Crippen MR) is 83.3 cm³/mol. The Morgan fingerprint density at radius 1 is 1.16 bits per heavy atom. The third-order valence-electron chi connectivity index (χ3n) is 3.71. The summed E-state index contributed by atoms with van der Waals surface area (Å²) in [6.45, 7) is 14.3. The number of nitrogens with two attached hydrogens (primary N) is 1. The first-order chi connectivity index (χ1) is 8.71. The van der Waals surface area contributed by atoms with Crippen molar-refractivity contribution in [2.45, 2.75) is 52.4 Å². The second-order valence-electron chi connectivity index (χ2n) is 6.28. The molecule has 19 heavy (non-hydrogen) atoms. The third kappa shape index (κ3) is 3.98. The number of benzene rings is 1. The van der Waals surface area contributed by atoms with Crippen LogP contribution in [0.15, 0.2) is 18.2 Å². The molecular weight excluding hydrogens is 254 g/mol. The molecule has 0 amide bonds. The molecule has 0 saturated heterocycles. The molecule has 1 aromatic rings. The molecule has 0 unspecified atom stereocenters. The highest BCUT2D eigenvalue weighted by Gasteiger charge is 2.39. The zero-order valence-corrected chi connectivity index (χ0v) is 14.0. The highest BCUT2D eigenvalue weighted by Crippen LogP contribution is 2.40. The van der Waals surface area contributed by atoms with Crippen molar-refractivity contribution in [1.82, 2.24) is 0 Å². The van der Waals surface area contributed by atoms with Gasteiger partial charge in [-0.05, 0) is 42.8 Å². The molecule has 0 atom stereocenters. The molecule has 3 nitrogen and oxygen atoms in total. The van der Waals surface area contributed by atoms with Crippen LogP contribution in [0.4, 0.5) is 0 Å². The van der Waals surface area contributed by atoms with Crippen molar-refractivity contribution in [3.05, 3.63) is 23.8 Å². The van der Waals surface area contributed by atoms with E-state index in [0.29, 0.717) is 13.2 Å². The number of hydrogen-bond acceptors (Lipinski definition) is 3. The van der Waals surface area contributed by atoms with Crippen molar-refractivity contribution in [2.24, 2.45) is 5.73 Å². The van der Waals surface area contributed by atoms with Gasteiger partial charge in [0.25, 0.3) is 8.32 Å². The summed E-state index contributed by atoms with van der Waals surface area (Å²) in [4.78, 5) is 0. The largest absolute Gasteiger partial charge is 0.541 e. The van der Waals surface area contributed by atoms with Crippen LogP contribution >= 0.6 is 0 Å². The van der Waals surface area contributed by atoms with E-state index < -0.39 is 8.32 Å². The van der Waals surface area contributed by atoms with E-state index in [2.05, 4.69) is 33.9 Å². The fourth-order valence-corrected chi connectivity index (χ4v) is 2.48. The number of rotatable bonds is 5. The summed E-state index contributed by atoms with van der Waals surface area (Å²) < 4.78 is 12.0. The first-order valence-electron chi connectivity index (χ1n) is 6.86. The van der Waals surface area contributed by atoms with E-state index in [4.69, 9.17) is 14.9 Å². The maximum Gasteiger partial charge on any atom is 0.250 e. The van der Waals surface area contributed by atoms with Gasteiger partial charge >= 0.3 is 0 Å². The van der Waals surface area contributed by atoms with Crippen molar-refractivity contribution in [1.29, 1.82) is 0 Å². The first-order valence-corrected chi connectivity index (χ1v) is 9.77. The lowest BCUT2D eigenvalue weighted by Crippen LogP contribution is -2.43. The molecule has 0 aliphatic heterocycles. The molecular formula is C15H27NO2Si. The molecule has 2 N–H and O–H groups in total. The second kappa shape index (κ2) is 5.97. The molecule has 0 aromatic heterocycles. The second-order valence-corrected chi connectivity index (χ2v) is 11.0. The van der Waals surface area contributed by atoms with Gasteiger partial charge in [0, 0.05) is 6.54 Å². The Labute approximate surface area is 118 Å². The minimum Gasteiger partial charge on any atom is -0.541 e. The molecule has 0 bridgehead atoms. The SMILES string of the molecule is CCOc1cc(CN)ccc1O[Si](C)(C)C(C)(C)C. The Morgan fingerprint density at radius 2 is 1.79 bits per heavy atom. The van der Waals surface area contributed by atoms with Gasteiger partial charge in [0.1, 0.15) is 5.75 Å². The van der Waals surface area contributed by atoms with Crippen LogP contribution in [0.5, 0.6) is 11.5 Å². The highest BCUT2D eigenvalue weighted by molar-refractivity contribution is 6.74. The van der Waals surface area contributed by atoms with Crippen LogP contribution in [0.3, 0.4) is 0 Å². The lowest BCUT2D eigenvalue weighted by molar-refractivity contribution is 0.324. The normalized spacial score (nSPS) is 12.4. The number of hydrogen-bond donors (Lipinski definition) is 1. The molecule has 4 heteroatoms. The summed E-state index contributed by atoms with van der Waals surface area (Å²) in [5.41, 5.74) is 6.73. The molecule has 0 saturated carbocycles. The lowest BCUT2D eigenvalue weighted by Gasteiger charge is -2.36. The Bertz CT molecular complexity index is 425. The monoisotopic (exact) mass is 281 g/mol. The van der Waals surface area contributed by atoms with Crippen LogP contribution in [-0.2, 0) is 6.54 Å². The number of ether oxygens (including phenoxy) is 1. The summed E-state index contributed by atoms with van der Waals surface area (Å²) in [5, 5.41) is 0.170. The van der Waals surface area contributed by atoms with Crippen molar-refractivity contribution in [2.75, 3.05) is 6.61 Å². The molecule has 0 fully saturated rings. The predicted octanol–water partition coefficient (Wildman–Crippen LogP) is 3.93. The van der Waals surface area contributed by atoms with E-state index in [-0.39, 0.29) is 5.04 Å². The van der Waals surface area contributed by atoms with Gasteiger partial charge < -0.3 is 14.9 Å². The van der Waals surface area contributed by atoms with Crippen LogP contribution < -0.4 is 14.9 Å². The molecule has 108 valence electrons. The first kappa shape index (κ1) is 16.1. The van der Waals surface area contributed by atoms with E-state index >= 15 is 0 Å². The van der Waals surface area contributed by atoms with Crippen molar-refractivity contribution < 1.29 is 9.16 Å². The van der Waals surface area contributed by atoms with Gasteiger partial charge in [-0.1, -0.05) is 26.8 Å². The van der Waals surface area contributed by atoms with E-state index in [0.717, 1.165) is 17.1 Å². The van der Waals surface area contributed by atoms with Gasteiger partial charge in [-0.25, -0.2) is 0 Å². The fourth-order valence-electron chi connectivity index (χ4n) is 1.46. The summed E-state index contributed by atoms with van der Waals surface area (Å²) in [6, 6.07) is 5.96. The van der Waals surface area contributed by atoms with Crippen molar-refractivity contribution in [3.8, 4) is 11.5 Å². The molecule has 0 spiro atoms. The standard InChI is InChI=1S/C15H27NO2Si/c1-7-17-14-10-12(11-16)8-9-13(14)18-19(5,6)15(2,3)4/h8-10H,7,11,16H2,1-6H3. The molecule has 1 aromatic carbocycles. The fraction of sp³-hybridized carbons (Fsp3) is 0.600. The van der Waals surface area contributed by atoms with E-state index in [1.165, 1.54) is 0 Å². The highest BCUT2D eigenvalue weighted by atomic mass is 28.4. The van der Waals surface area contributed by atoms with Crippen LogP contribution in [-0.4, -0.2) is 14.9 Å². The minimum atomic E-state index is -1.84. The van der Waals surface area contributed by atoms with Gasteiger partial charge in [0.15, 0.2) is 5.75 Å². The molecule has 0 radical (unpaired) electrons. The Kier molecular flexibility index (Phi) is 5.04. The van der Waals surface area contributed by atoms with Crippen molar-refractivity contribution in [3.63, 3.8) is 0 Å². The van der Waals surface area contributed by atoms with Gasteiger partial charge in [0.05, 0.1) is 6.61 Å². The Balaban J connectivity index is 3.06. The van der Waals surface area contributed by atoms with Crippen LogP contribution in [0, 0.1) is 0 Å². The van der Waals surface area contributed by atoms with Gasteiger partial charge in [-0.2, -0.15) is 0 Å². The molecule has 0 aliphatic carbocycles. The average Bonchev–Trinajstić information content (AvgIpc) is 2.30. The maximum absolute atomic E-state index is 6.32. The van der Waals surface area contributed by atoms with E-state index in [9.17, 15) is 0 Å². The molecule has 0 aliphatic rings. The smallest absolute Gasteiger partial charge is 0.250 e. The van der Waals surface area contributed by atoms with E-state index in [1.807, 2.05) is 25.1 Å². The Morgan fingerprint density at radius 3 is 2.26 bits per heavy atom.